The van der Waals surface area contributed by atoms with Crippen LogP contribution < -0.4 is 5.32 Å². The molecule has 0 unspecified atom stereocenters. The number of aromatic nitrogens is 2. The highest BCUT2D eigenvalue weighted by Gasteiger charge is 2.43. The largest absolute Gasteiger partial charge is 0.412 e. The monoisotopic (exact) mass is 346 g/mol. The van der Waals surface area contributed by atoms with Gasteiger partial charge < -0.3 is 5.32 Å². The molecule has 1 aromatic carbocycles. The van der Waals surface area contributed by atoms with Crippen LogP contribution in [0.25, 0.3) is 0 Å². The summed E-state index contributed by atoms with van der Waals surface area (Å²) < 4.78 is 52.4. The summed E-state index contributed by atoms with van der Waals surface area (Å²) >= 11 is 0. The number of halogens is 4. The predicted molar refractivity (Wildman–Crippen MR) is 72.6 cm³/mol. The number of benzene rings is 1. The second-order valence-electron chi connectivity index (χ2n) is 4.80. The molecule has 128 valence electrons. The van der Waals surface area contributed by atoms with E-state index in [2.05, 4.69) is 10.2 Å². The lowest BCUT2D eigenvalue weighted by atomic mass is 10.1. The van der Waals surface area contributed by atoms with Gasteiger partial charge in [-0.05, 0) is 24.6 Å². The van der Waals surface area contributed by atoms with Gasteiger partial charge >= 0.3 is 11.9 Å². The second kappa shape index (κ2) is 6.26. The third-order valence-electron chi connectivity index (χ3n) is 3.12. The van der Waals surface area contributed by atoms with Gasteiger partial charge in [-0.2, -0.15) is 18.3 Å². The first-order valence-corrected chi connectivity index (χ1v) is 6.43. The van der Waals surface area contributed by atoms with Crippen molar-refractivity contribution in [3.63, 3.8) is 0 Å². The smallest absolute Gasteiger partial charge is 0.335 e. The molecular formula is C13H10F4N4O3. The number of aromatic amines is 1. The molecule has 1 aromatic heterocycles. The van der Waals surface area contributed by atoms with Crippen molar-refractivity contribution in [1.82, 2.24) is 15.5 Å². The number of H-pyrrole nitrogens is 1. The van der Waals surface area contributed by atoms with E-state index >= 15 is 0 Å². The van der Waals surface area contributed by atoms with Crippen LogP contribution in [0.4, 0.5) is 23.2 Å². The number of nitrogens with zero attached hydrogens (tertiary/aromatic N) is 2. The highest BCUT2D eigenvalue weighted by molar-refractivity contribution is 5.96. The summed E-state index contributed by atoms with van der Waals surface area (Å²) in [4.78, 5) is 22.0. The lowest BCUT2D eigenvalue weighted by Gasteiger charge is -2.21. The zero-order chi connectivity index (χ0) is 18.1. The Hall–Kier alpha value is -2.98. The van der Waals surface area contributed by atoms with Crippen LogP contribution in [0.15, 0.2) is 24.3 Å². The molecule has 0 aliphatic carbocycles. The molecule has 11 heteroatoms. The Labute approximate surface area is 131 Å². The van der Waals surface area contributed by atoms with Crippen molar-refractivity contribution in [3.8, 4) is 0 Å². The van der Waals surface area contributed by atoms with E-state index in [1.807, 2.05) is 0 Å². The molecule has 2 rings (SSSR count). The molecular weight excluding hydrogens is 336 g/mol. The third-order valence-corrected chi connectivity index (χ3v) is 3.12. The Morgan fingerprint density at radius 2 is 1.92 bits per heavy atom. The van der Waals surface area contributed by atoms with Crippen LogP contribution in [0.5, 0.6) is 0 Å². The van der Waals surface area contributed by atoms with Crippen LogP contribution in [0.2, 0.25) is 0 Å². The van der Waals surface area contributed by atoms with E-state index < -0.39 is 45.8 Å². The zero-order valence-corrected chi connectivity index (χ0v) is 12.0. The maximum Gasteiger partial charge on any atom is 0.412 e. The topological polar surface area (TPSA) is 101 Å². The molecule has 2 aromatic rings. The molecule has 7 nitrogen and oxygen atoms in total. The lowest BCUT2D eigenvalue weighted by Crippen LogP contribution is -2.38. The maximum absolute atomic E-state index is 13.2. The molecule has 0 fully saturated rings. The molecule has 1 atom stereocenters. The summed E-state index contributed by atoms with van der Waals surface area (Å²) in [6.07, 6.45) is -4.90. The van der Waals surface area contributed by atoms with Gasteiger partial charge in [0, 0.05) is 0 Å². The quantitative estimate of drug-likeness (QED) is 0.505. The van der Waals surface area contributed by atoms with Crippen LogP contribution in [0.3, 0.4) is 0 Å². The zero-order valence-electron chi connectivity index (χ0n) is 12.0. The number of carbonyl (C=O) groups is 1. The van der Waals surface area contributed by atoms with Crippen molar-refractivity contribution in [2.45, 2.75) is 19.1 Å². The Morgan fingerprint density at radius 3 is 2.42 bits per heavy atom. The SMILES string of the molecule is Cc1[nH]nc(C(=O)N[C@H](c2ccc(F)cc2)C(F)(F)F)c1[N+](=O)[O-]. The minimum absolute atomic E-state index is 0.0736. The molecule has 0 radical (unpaired) electrons. The first-order chi connectivity index (χ1) is 11.1. The second-order valence-corrected chi connectivity index (χ2v) is 4.80. The molecule has 0 spiro atoms. The molecule has 0 aliphatic rings. The van der Waals surface area contributed by atoms with Gasteiger partial charge in [0.15, 0.2) is 6.04 Å². The summed E-state index contributed by atoms with van der Waals surface area (Å²) in [7, 11) is 0. The minimum atomic E-state index is -4.90. The van der Waals surface area contributed by atoms with Crippen LogP contribution >= 0.6 is 0 Å². The minimum Gasteiger partial charge on any atom is -0.335 e. The summed E-state index contributed by atoms with van der Waals surface area (Å²) in [5.41, 5.74) is -1.98. The molecule has 0 saturated heterocycles. The first kappa shape index (κ1) is 17.4. The molecule has 0 aliphatic heterocycles. The van der Waals surface area contributed by atoms with E-state index in [1.54, 1.807) is 5.32 Å². The van der Waals surface area contributed by atoms with Gasteiger partial charge in [0.25, 0.3) is 5.91 Å². The highest BCUT2D eigenvalue weighted by atomic mass is 19.4. The Morgan fingerprint density at radius 1 is 1.33 bits per heavy atom. The number of amides is 1. The Bertz CT molecular complexity index is 771. The molecule has 1 amide bonds. The van der Waals surface area contributed by atoms with E-state index in [4.69, 9.17) is 0 Å². The van der Waals surface area contributed by atoms with Crippen molar-refractivity contribution in [3.05, 3.63) is 57.1 Å². The Balaban J connectivity index is 2.36. The number of rotatable bonds is 4. The molecule has 24 heavy (non-hydrogen) atoms. The fourth-order valence-corrected chi connectivity index (χ4v) is 2.01. The van der Waals surface area contributed by atoms with Crippen molar-refractivity contribution >= 4 is 11.6 Å². The fraction of sp³-hybridized carbons (Fsp3) is 0.231. The van der Waals surface area contributed by atoms with E-state index in [1.165, 1.54) is 6.92 Å². The number of hydrogen-bond acceptors (Lipinski definition) is 4. The van der Waals surface area contributed by atoms with Gasteiger partial charge in [-0.1, -0.05) is 12.1 Å². The highest BCUT2D eigenvalue weighted by Crippen LogP contribution is 2.33. The summed E-state index contributed by atoms with van der Waals surface area (Å²) in [6.45, 7) is 1.25. The third kappa shape index (κ3) is 3.50. The standard InChI is InChI=1S/C13H10F4N4O3/c1-6-10(21(23)24)9(20-19-6)12(22)18-11(13(15,16)17)7-2-4-8(14)5-3-7/h2-5,11H,1H3,(H,18,22)(H,19,20)/t11-/m1/s1. The van der Waals surface area contributed by atoms with E-state index in [0.29, 0.717) is 0 Å². The van der Waals surface area contributed by atoms with Crippen LogP contribution in [-0.2, 0) is 0 Å². The number of carbonyl (C=O) groups excluding carboxylic acids is 1. The Kier molecular flexibility index (Phi) is 4.53. The summed E-state index contributed by atoms with van der Waals surface area (Å²) in [5, 5.41) is 18.1. The van der Waals surface area contributed by atoms with Gasteiger partial charge in [0.2, 0.25) is 5.69 Å². The van der Waals surface area contributed by atoms with Crippen molar-refractivity contribution in [1.29, 1.82) is 0 Å². The van der Waals surface area contributed by atoms with Crippen molar-refractivity contribution in [2.75, 3.05) is 0 Å². The number of aryl methyl sites for hydroxylation is 1. The van der Waals surface area contributed by atoms with Crippen molar-refractivity contribution in [2.24, 2.45) is 0 Å². The first-order valence-electron chi connectivity index (χ1n) is 6.43. The molecule has 0 bridgehead atoms. The maximum atomic E-state index is 13.2. The van der Waals surface area contributed by atoms with Crippen LogP contribution in [-0.4, -0.2) is 27.2 Å². The lowest BCUT2D eigenvalue weighted by molar-refractivity contribution is -0.385. The average molecular weight is 346 g/mol. The predicted octanol–water partition coefficient (Wildman–Crippen LogP) is 2.80. The summed E-state index contributed by atoms with van der Waals surface area (Å²) in [6, 6.07) is 0.862. The van der Waals surface area contributed by atoms with Crippen LogP contribution in [0.1, 0.15) is 27.8 Å². The number of nitro groups is 1. The van der Waals surface area contributed by atoms with Gasteiger partial charge in [-0.3, -0.25) is 20.0 Å². The molecule has 0 saturated carbocycles. The van der Waals surface area contributed by atoms with E-state index in [9.17, 15) is 32.5 Å². The number of alkyl halides is 3. The molecule has 2 N–H and O–H groups in total. The average Bonchev–Trinajstić information content (AvgIpc) is 2.86. The van der Waals surface area contributed by atoms with E-state index in [-0.39, 0.29) is 5.69 Å². The van der Waals surface area contributed by atoms with Gasteiger partial charge in [0.1, 0.15) is 11.5 Å². The fourth-order valence-electron chi connectivity index (χ4n) is 2.01. The normalized spacial score (nSPS) is 12.7. The van der Waals surface area contributed by atoms with Gasteiger partial charge in [0.05, 0.1) is 4.92 Å². The van der Waals surface area contributed by atoms with E-state index in [0.717, 1.165) is 24.3 Å². The van der Waals surface area contributed by atoms with Gasteiger partial charge in [-0.25, -0.2) is 4.39 Å². The van der Waals surface area contributed by atoms with Crippen molar-refractivity contribution < 1.29 is 27.3 Å². The summed E-state index contributed by atoms with van der Waals surface area (Å²) in [5.74, 6) is -2.12. The van der Waals surface area contributed by atoms with Gasteiger partial charge in [-0.15, -0.1) is 0 Å². The number of hydrogen-bond donors (Lipinski definition) is 2. The molecule has 1 heterocycles. The number of nitrogens with one attached hydrogen (secondary N) is 2. The van der Waals surface area contributed by atoms with Crippen LogP contribution in [0, 0.1) is 22.9 Å².